The lowest BCUT2D eigenvalue weighted by molar-refractivity contribution is -0.137. The lowest BCUT2D eigenvalue weighted by atomic mass is 9.99. The molecule has 1 aliphatic rings. The number of piperidine rings is 1. The minimum absolute atomic E-state index is 0.118. The van der Waals surface area contributed by atoms with Gasteiger partial charge in [0.2, 0.25) is 0 Å². The Morgan fingerprint density at radius 3 is 2.40 bits per heavy atom. The molecule has 186 valence electrons. The molecule has 3 rings (SSSR count). The van der Waals surface area contributed by atoms with Crippen molar-refractivity contribution in [1.82, 2.24) is 4.90 Å². The predicted octanol–water partition coefficient (Wildman–Crippen LogP) is 8.32. The Labute approximate surface area is 207 Å². The summed E-state index contributed by atoms with van der Waals surface area (Å²) >= 11 is 0. The van der Waals surface area contributed by atoms with Gasteiger partial charge in [0.15, 0.2) is 0 Å². The SMILES string of the molecule is C=C(C)/C(=C\C=C/C/C=C/c1cc(OC)c(CN2CCCCC2)cc1C(F)(F)F)c1ccccc1. The number of ether oxygens (including phenoxy) is 1. The number of benzene rings is 2. The fraction of sp³-hybridized carbons (Fsp3) is 0.333. The predicted molar refractivity (Wildman–Crippen MR) is 139 cm³/mol. The molecule has 5 heteroatoms. The van der Waals surface area contributed by atoms with Gasteiger partial charge in [-0.2, -0.15) is 13.2 Å². The number of allylic oxidation sites excluding steroid dienone is 6. The number of hydrogen-bond acceptors (Lipinski definition) is 2. The summed E-state index contributed by atoms with van der Waals surface area (Å²) in [5.41, 5.74) is 3.12. The van der Waals surface area contributed by atoms with Crippen LogP contribution in [-0.4, -0.2) is 25.1 Å². The van der Waals surface area contributed by atoms with Crippen LogP contribution in [0.25, 0.3) is 11.6 Å². The van der Waals surface area contributed by atoms with Crippen molar-refractivity contribution >= 4 is 11.6 Å². The van der Waals surface area contributed by atoms with Crippen LogP contribution in [0.5, 0.6) is 5.75 Å². The van der Waals surface area contributed by atoms with E-state index >= 15 is 0 Å². The Morgan fingerprint density at radius 2 is 1.77 bits per heavy atom. The van der Waals surface area contributed by atoms with Crippen molar-refractivity contribution < 1.29 is 17.9 Å². The second-order valence-corrected chi connectivity index (χ2v) is 8.88. The van der Waals surface area contributed by atoms with Crippen molar-refractivity contribution in [2.75, 3.05) is 20.2 Å². The van der Waals surface area contributed by atoms with E-state index in [1.165, 1.54) is 31.7 Å². The fourth-order valence-corrected chi connectivity index (χ4v) is 4.31. The summed E-state index contributed by atoms with van der Waals surface area (Å²) < 4.78 is 47.1. The highest BCUT2D eigenvalue weighted by atomic mass is 19.4. The van der Waals surface area contributed by atoms with Crippen LogP contribution in [0.15, 0.2) is 78.9 Å². The van der Waals surface area contributed by atoms with Crippen molar-refractivity contribution in [2.24, 2.45) is 0 Å². The van der Waals surface area contributed by atoms with Gasteiger partial charge in [-0.05, 0) is 68.1 Å². The third-order valence-electron chi connectivity index (χ3n) is 6.11. The molecule has 0 aliphatic carbocycles. The van der Waals surface area contributed by atoms with Crippen molar-refractivity contribution in [1.29, 1.82) is 0 Å². The van der Waals surface area contributed by atoms with E-state index in [-0.39, 0.29) is 5.56 Å². The Morgan fingerprint density at radius 1 is 1.06 bits per heavy atom. The average molecular weight is 482 g/mol. The summed E-state index contributed by atoms with van der Waals surface area (Å²) in [4.78, 5) is 2.20. The van der Waals surface area contributed by atoms with E-state index in [1.54, 1.807) is 6.08 Å². The summed E-state index contributed by atoms with van der Waals surface area (Å²) in [5, 5.41) is 0. The van der Waals surface area contributed by atoms with E-state index in [0.29, 0.717) is 24.3 Å². The Bertz CT molecular complexity index is 1070. The van der Waals surface area contributed by atoms with Gasteiger partial charge in [-0.3, -0.25) is 4.90 Å². The van der Waals surface area contributed by atoms with Crippen LogP contribution in [0, 0.1) is 0 Å². The van der Waals surface area contributed by atoms with Crippen LogP contribution >= 0.6 is 0 Å². The van der Waals surface area contributed by atoms with Gasteiger partial charge in [0.05, 0.1) is 12.7 Å². The van der Waals surface area contributed by atoms with E-state index in [1.807, 2.05) is 55.5 Å². The zero-order chi connectivity index (χ0) is 25.3. The monoisotopic (exact) mass is 481 g/mol. The minimum Gasteiger partial charge on any atom is -0.496 e. The molecule has 1 fully saturated rings. The average Bonchev–Trinajstić information content (AvgIpc) is 2.84. The van der Waals surface area contributed by atoms with Gasteiger partial charge in [0.1, 0.15) is 5.75 Å². The van der Waals surface area contributed by atoms with Crippen LogP contribution < -0.4 is 4.74 Å². The molecular formula is C30H34F3NO. The van der Waals surface area contributed by atoms with E-state index in [0.717, 1.165) is 42.6 Å². The first-order chi connectivity index (χ1) is 16.8. The maximum absolute atomic E-state index is 13.9. The Kier molecular flexibility index (Phi) is 9.55. The van der Waals surface area contributed by atoms with Crippen molar-refractivity contribution in [3.05, 3.63) is 101 Å². The normalized spacial score (nSPS) is 15.7. The molecule has 2 aromatic carbocycles. The maximum Gasteiger partial charge on any atom is 0.417 e. The molecule has 2 nitrogen and oxygen atoms in total. The smallest absolute Gasteiger partial charge is 0.417 e. The third kappa shape index (κ3) is 7.72. The van der Waals surface area contributed by atoms with Crippen LogP contribution in [0.2, 0.25) is 0 Å². The first-order valence-corrected chi connectivity index (χ1v) is 12.0. The van der Waals surface area contributed by atoms with Gasteiger partial charge < -0.3 is 4.74 Å². The molecule has 1 heterocycles. The quantitative estimate of drug-likeness (QED) is 0.334. The maximum atomic E-state index is 13.9. The minimum atomic E-state index is -4.44. The number of hydrogen-bond donors (Lipinski definition) is 0. The lowest BCUT2D eigenvalue weighted by Crippen LogP contribution is -2.29. The fourth-order valence-electron chi connectivity index (χ4n) is 4.31. The van der Waals surface area contributed by atoms with Gasteiger partial charge in [0.25, 0.3) is 0 Å². The van der Waals surface area contributed by atoms with Crippen molar-refractivity contribution in [3.63, 3.8) is 0 Å². The molecule has 1 aliphatic heterocycles. The first kappa shape index (κ1) is 26.6. The molecule has 0 atom stereocenters. The number of alkyl halides is 3. The first-order valence-electron chi connectivity index (χ1n) is 12.0. The van der Waals surface area contributed by atoms with Crippen LogP contribution in [-0.2, 0) is 12.7 Å². The molecule has 1 saturated heterocycles. The molecule has 0 amide bonds. The molecule has 0 bridgehead atoms. The summed E-state index contributed by atoms with van der Waals surface area (Å²) in [5.74, 6) is 0.496. The molecule has 0 unspecified atom stereocenters. The van der Waals surface area contributed by atoms with Crippen LogP contribution in [0.4, 0.5) is 13.2 Å². The molecule has 0 aromatic heterocycles. The summed E-state index contributed by atoms with van der Waals surface area (Å²) in [6.07, 6.45) is 8.47. The molecule has 0 spiro atoms. The highest BCUT2D eigenvalue weighted by Crippen LogP contribution is 2.37. The van der Waals surface area contributed by atoms with Gasteiger partial charge in [-0.15, -0.1) is 0 Å². The number of likely N-dealkylation sites (tertiary alicyclic amines) is 1. The number of methoxy groups -OCH3 is 1. The van der Waals surface area contributed by atoms with Crippen LogP contribution in [0.3, 0.4) is 0 Å². The van der Waals surface area contributed by atoms with Crippen molar-refractivity contribution in [3.8, 4) is 5.75 Å². The van der Waals surface area contributed by atoms with Crippen molar-refractivity contribution in [2.45, 2.75) is 45.3 Å². The topological polar surface area (TPSA) is 12.5 Å². The zero-order valence-electron chi connectivity index (χ0n) is 20.6. The van der Waals surface area contributed by atoms with E-state index in [4.69, 9.17) is 4.74 Å². The Balaban J connectivity index is 1.76. The third-order valence-corrected chi connectivity index (χ3v) is 6.11. The van der Waals surface area contributed by atoms with Crippen LogP contribution in [0.1, 0.15) is 54.9 Å². The lowest BCUT2D eigenvalue weighted by Gasteiger charge is -2.27. The van der Waals surface area contributed by atoms with E-state index in [9.17, 15) is 13.2 Å². The van der Waals surface area contributed by atoms with Gasteiger partial charge in [-0.1, -0.05) is 79.3 Å². The number of rotatable bonds is 9. The van der Waals surface area contributed by atoms with Gasteiger partial charge >= 0.3 is 6.18 Å². The van der Waals surface area contributed by atoms with Gasteiger partial charge in [-0.25, -0.2) is 0 Å². The molecular weight excluding hydrogens is 447 g/mol. The molecule has 35 heavy (non-hydrogen) atoms. The molecule has 0 radical (unpaired) electrons. The molecule has 0 N–H and O–H groups in total. The second-order valence-electron chi connectivity index (χ2n) is 8.88. The van der Waals surface area contributed by atoms with E-state index < -0.39 is 11.7 Å². The summed E-state index contributed by atoms with van der Waals surface area (Å²) in [7, 11) is 1.51. The standard InChI is InChI=1S/C30H34F3NO/c1-23(2)27(24-14-9-6-10-15-24)17-11-5-4-8-16-25-21-29(35-3)26(20-28(25)30(31,32)33)22-34-18-12-7-13-19-34/h5-6,8-11,14-17,20-21H,1,4,7,12-13,18-19,22H2,2-3H3/b11-5-,16-8+,27-17+. The van der Waals surface area contributed by atoms with Gasteiger partial charge in [0, 0.05) is 12.1 Å². The highest BCUT2D eigenvalue weighted by Gasteiger charge is 2.34. The highest BCUT2D eigenvalue weighted by molar-refractivity contribution is 5.78. The molecule has 0 saturated carbocycles. The zero-order valence-corrected chi connectivity index (χ0v) is 20.6. The second kappa shape index (κ2) is 12.6. The number of halogens is 3. The Hall–Kier alpha value is -3.05. The molecule has 2 aromatic rings. The summed E-state index contributed by atoms with van der Waals surface area (Å²) in [6, 6.07) is 12.7. The summed E-state index contributed by atoms with van der Waals surface area (Å²) in [6.45, 7) is 8.28. The van der Waals surface area contributed by atoms with E-state index in [2.05, 4.69) is 11.5 Å². The largest absolute Gasteiger partial charge is 0.496 e. The number of nitrogens with zero attached hydrogens (tertiary/aromatic N) is 1.